The predicted molar refractivity (Wildman–Crippen MR) is 57.1 cm³/mol. The first kappa shape index (κ1) is 44.4. The maximum Gasteiger partial charge on any atom is 3.00 e. The molecule has 0 spiro atoms. The second-order valence-corrected chi connectivity index (χ2v) is 1.71. The molecule has 5 N–H and O–H groups in total. The molecule has 0 aromatic heterocycles. The Morgan fingerprint density at radius 3 is 0.481 bits per heavy atom. The van der Waals surface area contributed by atoms with E-state index in [1.54, 1.807) is 0 Å². The molecule has 0 aromatic carbocycles. The SMILES string of the molecule is O=C([O-])OO.O=C([O-])OO.O=C([O-])OO.O=C([O-])OO.O=C([O-])OO.[Al+3].[Ca+2]. The first-order valence-corrected chi connectivity index (χ1v) is 3.97. The fourth-order valence-electron chi connectivity index (χ4n) is 0. The first-order valence-electron chi connectivity index (χ1n) is 3.97. The fourth-order valence-corrected chi connectivity index (χ4v) is 0. The van der Waals surface area contributed by atoms with Gasteiger partial charge in [0.05, 0.1) is 0 Å². The van der Waals surface area contributed by atoms with Crippen LogP contribution in [0, 0.1) is 0 Å². The van der Waals surface area contributed by atoms with Gasteiger partial charge in [0.25, 0.3) is 30.8 Å². The Morgan fingerprint density at radius 1 is 0.444 bits per heavy atom. The van der Waals surface area contributed by atoms with Crippen molar-refractivity contribution in [2.75, 3.05) is 0 Å². The van der Waals surface area contributed by atoms with Crippen LogP contribution < -0.4 is 25.5 Å². The van der Waals surface area contributed by atoms with Crippen molar-refractivity contribution in [3.63, 3.8) is 0 Å². The van der Waals surface area contributed by atoms with Crippen LogP contribution in [0.25, 0.3) is 0 Å². The van der Waals surface area contributed by atoms with Gasteiger partial charge in [-0.2, -0.15) is 0 Å². The summed E-state index contributed by atoms with van der Waals surface area (Å²) in [5.74, 6) is 0. The largest absolute Gasteiger partial charge is 3.00 e. The van der Waals surface area contributed by atoms with Gasteiger partial charge >= 0.3 is 55.1 Å². The van der Waals surface area contributed by atoms with E-state index in [1.165, 1.54) is 0 Å². The minimum Gasteiger partial charge on any atom is -0.424 e. The first-order chi connectivity index (χ1) is 11.4. The third-order valence-electron chi connectivity index (χ3n) is 0.373. The standard InChI is InChI=1S/5CH2O4.Al.Ca/c5*2-1(3)5-4;;/h5*4H,(H,2,3);;/q;;;;;+3;+2/p-5. The zero-order chi connectivity index (χ0) is 21.4. The monoisotopic (exact) mass is 452 g/mol. The van der Waals surface area contributed by atoms with Gasteiger partial charge in [0.2, 0.25) is 0 Å². The van der Waals surface area contributed by atoms with Crippen LogP contribution >= 0.6 is 0 Å². The summed E-state index contributed by atoms with van der Waals surface area (Å²) in [5, 5.41) is 78.8. The molecular formula is C5H5AlCaO20. The molecular weight excluding hydrogens is 447 g/mol. The molecule has 0 radical (unpaired) electrons. The molecule has 0 saturated carbocycles. The smallest absolute Gasteiger partial charge is 0.424 e. The Kier molecular flexibility index (Phi) is 64.4. The molecule has 0 saturated heterocycles. The van der Waals surface area contributed by atoms with Crippen molar-refractivity contribution < 1.29 is 100 Å². The van der Waals surface area contributed by atoms with E-state index in [1.807, 2.05) is 0 Å². The molecule has 0 aromatic rings. The summed E-state index contributed by atoms with van der Waals surface area (Å²) in [5.41, 5.74) is 0. The number of carbonyl (C=O) groups is 5. The zero-order valence-corrected chi connectivity index (χ0v) is 15.5. The number of carboxylic acid groups (broad SMARTS) is 5. The Bertz CT molecular complexity index is 288. The molecule has 0 rings (SSSR count). The van der Waals surface area contributed by atoms with Crippen LogP contribution in [0.1, 0.15) is 0 Å². The van der Waals surface area contributed by atoms with Crippen molar-refractivity contribution >= 4 is 85.9 Å². The van der Waals surface area contributed by atoms with E-state index in [9.17, 15) is 0 Å². The molecule has 0 atom stereocenters. The number of rotatable bonds is 0. The summed E-state index contributed by atoms with van der Waals surface area (Å²) in [6.45, 7) is 0. The molecule has 27 heavy (non-hydrogen) atoms. The van der Waals surface area contributed by atoms with Gasteiger partial charge in [0.15, 0.2) is 0 Å². The summed E-state index contributed by atoms with van der Waals surface area (Å²) in [6.07, 6.45) is -9.70. The Morgan fingerprint density at radius 2 is 0.481 bits per heavy atom. The summed E-state index contributed by atoms with van der Waals surface area (Å²) in [6, 6.07) is 0. The van der Waals surface area contributed by atoms with Gasteiger partial charge in [-0.05, 0) is 0 Å². The van der Waals surface area contributed by atoms with Crippen LogP contribution in [-0.2, 0) is 24.4 Å². The van der Waals surface area contributed by atoms with Crippen molar-refractivity contribution in [3.05, 3.63) is 0 Å². The van der Waals surface area contributed by atoms with E-state index in [2.05, 4.69) is 24.4 Å². The minimum absolute atomic E-state index is 0. The molecule has 0 heterocycles. The van der Waals surface area contributed by atoms with Crippen molar-refractivity contribution in [1.29, 1.82) is 0 Å². The molecule has 0 aliphatic rings. The number of carbonyl (C=O) groups excluding carboxylic acids is 5. The zero-order valence-electron chi connectivity index (χ0n) is 12.1. The van der Waals surface area contributed by atoms with Crippen LogP contribution in [-0.4, -0.2) is 112 Å². The third kappa shape index (κ3) is 183. The van der Waals surface area contributed by atoms with Crippen LogP contribution in [0.2, 0.25) is 0 Å². The number of hydrogen-bond donors (Lipinski definition) is 5. The second kappa shape index (κ2) is 39.1. The Labute approximate surface area is 185 Å². The van der Waals surface area contributed by atoms with Crippen LogP contribution in [0.15, 0.2) is 0 Å². The molecule has 0 unspecified atom stereocenters. The Balaban J connectivity index is -0.0000000364. The molecule has 0 fully saturated rings. The van der Waals surface area contributed by atoms with Gasteiger partial charge in [-0.1, -0.05) is 0 Å². The van der Waals surface area contributed by atoms with Gasteiger partial charge < -0.3 is 73.9 Å². The summed E-state index contributed by atoms with van der Waals surface area (Å²) in [7, 11) is 0. The Hall–Kier alpha value is -2.06. The quantitative estimate of drug-likeness (QED) is 0.0985. The third-order valence-corrected chi connectivity index (χ3v) is 0.373. The van der Waals surface area contributed by atoms with Gasteiger partial charge in [-0.3, -0.25) is 26.3 Å². The fraction of sp³-hybridized carbons (Fsp3) is 0. The summed E-state index contributed by atoms with van der Waals surface area (Å²) in [4.78, 5) is 56.7. The second-order valence-electron chi connectivity index (χ2n) is 1.71. The van der Waals surface area contributed by atoms with Crippen LogP contribution in [0.5, 0.6) is 0 Å². The molecule has 0 bridgehead atoms. The van der Waals surface area contributed by atoms with Crippen molar-refractivity contribution in [2.24, 2.45) is 0 Å². The van der Waals surface area contributed by atoms with E-state index in [4.69, 9.17) is 75.8 Å². The van der Waals surface area contributed by atoms with Crippen molar-refractivity contribution in [2.45, 2.75) is 0 Å². The van der Waals surface area contributed by atoms with E-state index in [-0.39, 0.29) is 55.1 Å². The summed E-state index contributed by atoms with van der Waals surface area (Å²) >= 11 is 0. The molecule has 0 amide bonds. The maximum absolute atomic E-state index is 8.78. The van der Waals surface area contributed by atoms with E-state index < -0.39 is 30.8 Å². The minimum atomic E-state index is -1.94. The average Bonchev–Trinajstić information content (AvgIpc) is 2.56. The van der Waals surface area contributed by atoms with E-state index in [0.29, 0.717) is 0 Å². The molecule has 0 aliphatic heterocycles. The maximum atomic E-state index is 8.78. The van der Waals surface area contributed by atoms with E-state index in [0.717, 1.165) is 0 Å². The molecule has 22 heteroatoms. The molecule has 20 nitrogen and oxygen atoms in total. The van der Waals surface area contributed by atoms with Crippen LogP contribution in [0.3, 0.4) is 0 Å². The normalized spacial score (nSPS) is 6.11. The molecule has 0 aliphatic carbocycles. The van der Waals surface area contributed by atoms with Gasteiger partial charge in [-0.25, -0.2) is 0 Å². The number of hydrogen-bond acceptors (Lipinski definition) is 20. The van der Waals surface area contributed by atoms with Gasteiger partial charge in [0, 0.05) is 0 Å². The van der Waals surface area contributed by atoms with Gasteiger partial charge in [0.1, 0.15) is 0 Å². The van der Waals surface area contributed by atoms with Crippen molar-refractivity contribution in [1.82, 2.24) is 0 Å². The topological polar surface area (TPSA) is 348 Å². The van der Waals surface area contributed by atoms with Crippen LogP contribution in [0.4, 0.5) is 24.0 Å². The average molecular weight is 452 g/mol. The van der Waals surface area contributed by atoms with Gasteiger partial charge in [-0.15, -0.1) is 0 Å². The summed E-state index contributed by atoms with van der Waals surface area (Å²) < 4.78 is 0. The predicted octanol–water partition coefficient (Wildman–Crippen LogP) is -6.67. The van der Waals surface area contributed by atoms with Crippen molar-refractivity contribution in [3.8, 4) is 0 Å². The van der Waals surface area contributed by atoms with E-state index >= 15 is 0 Å². The molecule has 150 valence electrons.